The summed E-state index contributed by atoms with van der Waals surface area (Å²) in [6.07, 6.45) is 1.71. The van der Waals surface area contributed by atoms with E-state index in [9.17, 15) is 5.11 Å². The number of hydrogen-bond donors (Lipinski definition) is 1. The Kier molecular flexibility index (Phi) is 3.38. The zero-order valence-electron chi connectivity index (χ0n) is 9.72. The van der Waals surface area contributed by atoms with Crippen molar-refractivity contribution in [3.63, 3.8) is 0 Å². The molecule has 1 aromatic carbocycles. The van der Waals surface area contributed by atoms with Crippen molar-refractivity contribution in [3.05, 3.63) is 48.7 Å². The van der Waals surface area contributed by atoms with Gasteiger partial charge in [0.25, 0.3) is 0 Å². The van der Waals surface area contributed by atoms with E-state index in [0.29, 0.717) is 0 Å². The molecule has 2 nitrogen and oxygen atoms in total. The molecule has 0 atom stereocenters. The van der Waals surface area contributed by atoms with E-state index in [4.69, 9.17) is 0 Å². The predicted octanol–water partition coefficient (Wildman–Crippen LogP) is 2.30. The first-order chi connectivity index (χ1) is 6.38. The van der Waals surface area contributed by atoms with E-state index in [1.165, 1.54) is 0 Å². The van der Waals surface area contributed by atoms with Crippen molar-refractivity contribution in [1.29, 1.82) is 0 Å². The van der Waals surface area contributed by atoms with E-state index in [2.05, 4.69) is 4.98 Å². The zero-order chi connectivity index (χ0) is 9.10. The van der Waals surface area contributed by atoms with Gasteiger partial charge in [-0.1, -0.05) is 18.2 Å². The summed E-state index contributed by atoms with van der Waals surface area (Å²) in [7, 11) is 0. The fourth-order valence-corrected chi connectivity index (χ4v) is 1.21. The van der Waals surface area contributed by atoms with Crippen LogP contribution < -0.4 is 0 Å². The Balaban J connectivity index is 0. The number of nitrogens with zero attached hydrogens (tertiary/aromatic N) is 1. The van der Waals surface area contributed by atoms with Crippen molar-refractivity contribution in [2.75, 3.05) is 0 Å². The number of rotatable bonds is 1. The second-order valence-electron chi connectivity index (χ2n) is 2.73. The Bertz CT molecular complexity index is 412. The summed E-state index contributed by atoms with van der Waals surface area (Å²) >= 11 is 0. The fraction of sp³-hybridized carbons (Fsp3) is 0. The first kappa shape index (κ1) is 10.4. The molecule has 0 saturated carbocycles. The second kappa shape index (κ2) is 4.54. The van der Waals surface area contributed by atoms with E-state index in [1.54, 1.807) is 18.3 Å². The first-order valence-electron chi connectivity index (χ1n) is 4.07. The van der Waals surface area contributed by atoms with Gasteiger partial charge in [0.1, 0.15) is 5.75 Å². The van der Waals surface area contributed by atoms with Gasteiger partial charge in [0.15, 0.2) is 0 Å². The fourth-order valence-electron chi connectivity index (χ4n) is 1.21. The van der Waals surface area contributed by atoms with Gasteiger partial charge in [-0.25, -0.2) is 0 Å². The molecule has 0 saturated heterocycles. The summed E-state index contributed by atoms with van der Waals surface area (Å²) < 4.78 is 0. The Morgan fingerprint density at radius 1 is 1.00 bits per heavy atom. The van der Waals surface area contributed by atoms with Crippen LogP contribution in [0.3, 0.4) is 0 Å². The van der Waals surface area contributed by atoms with Gasteiger partial charge < -0.3 is 7.96 Å². The maximum absolute atomic E-state index is 9.52. The minimum atomic E-state index is 0. The largest absolute Gasteiger partial charge is 2.00 e. The molecule has 0 aliphatic heterocycles. The molecule has 2 rings (SSSR count). The average molecular weight is 182 g/mol. The molecule has 0 radical (unpaired) electrons. The van der Waals surface area contributed by atoms with Crippen LogP contribution in [-0.4, -0.2) is 20.2 Å². The number of aromatic nitrogens is 1. The topological polar surface area (TPSA) is 33.1 Å². The monoisotopic (exact) mass is 182 g/mol. The van der Waals surface area contributed by atoms with Gasteiger partial charge >= 0.3 is 10.1 Å². The number of hydrogen-bond acceptors (Lipinski definition) is 2. The van der Waals surface area contributed by atoms with Crippen LogP contribution in [0.1, 0.15) is 2.85 Å². The molecule has 2 aromatic rings. The smallest absolute Gasteiger partial charge is 1.00 e. The quantitative estimate of drug-likeness (QED) is 0.686. The predicted molar refractivity (Wildman–Crippen MR) is 59.3 cm³/mol. The summed E-state index contributed by atoms with van der Waals surface area (Å²) in [6, 6.07) is 12.8. The van der Waals surface area contributed by atoms with Crippen molar-refractivity contribution < 1.29 is 7.96 Å². The van der Waals surface area contributed by atoms with E-state index in [1.807, 2.05) is 30.3 Å². The van der Waals surface area contributed by atoms with E-state index < -0.39 is 0 Å². The molecule has 1 heterocycles. The van der Waals surface area contributed by atoms with Gasteiger partial charge in [-0.3, -0.25) is 4.98 Å². The van der Waals surface area contributed by atoms with Crippen molar-refractivity contribution in [1.82, 2.24) is 4.98 Å². The zero-order valence-corrected chi connectivity index (χ0v) is 7.72. The molecule has 0 spiro atoms. The molecule has 68 valence electrons. The second-order valence-corrected chi connectivity index (χ2v) is 2.73. The Morgan fingerprint density at radius 2 is 1.71 bits per heavy atom. The SMILES string of the molecule is Oc1ccccc1-c1ccccn1.[Be+2].[H-].[H-]. The Morgan fingerprint density at radius 3 is 2.36 bits per heavy atom. The number of phenolic OH excluding ortho intramolecular Hbond substituents is 1. The molecular formula is C11H11BeNO. The van der Waals surface area contributed by atoms with Crippen molar-refractivity contribution in [3.8, 4) is 17.0 Å². The maximum atomic E-state index is 9.52. The van der Waals surface area contributed by atoms with E-state index in [0.717, 1.165) is 11.3 Å². The van der Waals surface area contributed by atoms with Gasteiger partial charge in [-0.15, -0.1) is 0 Å². The summed E-state index contributed by atoms with van der Waals surface area (Å²) in [6.45, 7) is 0. The van der Waals surface area contributed by atoms with Crippen molar-refractivity contribution in [2.24, 2.45) is 0 Å². The third kappa shape index (κ3) is 1.98. The summed E-state index contributed by atoms with van der Waals surface area (Å²) in [4.78, 5) is 4.15. The van der Waals surface area contributed by atoms with Gasteiger partial charge in [0.2, 0.25) is 0 Å². The molecular weight excluding hydrogens is 171 g/mol. The number of pyridine rings is 1. The normalized spacial score (nSPS) is 9.14. The van der Waals surface area contributed by atoms with Gasteiger partial charge in [0, 0.05) is 11.8 Å². The summed E-state index contributed by atoms with van der Waals surface area (Å²) in [5.41, 5.74) is 1.56. The molecule has 0 unspecified atom stereocenters. The number of aromatic hydroxyl groups is 1. The molecule has 0 fully saturated rings. The van der Waals surface area contributed by atoms with Crippen LogP contribution in [0.25, 0.3) is 11.3 Å². The molecule has 0 amide bonds. The molecule has 0 aliphatic carbocycles. The van der Waals surface area contributed by atoms with E-state index in [-0.39, 0.29) is 18.7 Å². The van der Waals surface area contributed by atoms with Crippen LogP contribution in [0.15, 0.2) is 48.7 Å². The summed E-state index contributed by atoms with van der Waals surface area (Å²) in [5, 5.41) is 9.52. The molecule has 1 aromatic heterocycles. The van der Waals surface area contributed by atoms with Crippen molar-refractivity contribution in [2.45, 2.75) is 0 Å². The average Bonchev–Trinajstić information content (AvgIpc) is 2.20. The van der Waals surface area contributed by atoms with Crippen LogP contribution in [0, 0.1) is 0 Å². The Hall–Kier alpha value is -1.66. The Labute approximate surface area is 89.4 Å². The molecule has 3 heteroatoms. The van der Waals surface area contributed by atoms with Crippen LogP contribution in [0.2, 0.25) is 0 Å². The first-order valence-corrected chi connectivity index (χ1v) is 4.07. The standard InChI is InChI=1S/C11H9NO.Be.2H/c13-11-7-2-1-5-9(11)10-6-3-4-8-12-10;;;/h1-8,13H;;;/q;+2;2*-1. The number of para-hydroxylation sites is 1. The third-order valence-corrected chi connectivity index (χ3v) is 1.84. The summed E-state index contributed by atoms with van der Waals surface area (Å²) in [5.74, 6) is 0.265. The molecule has 1 N–H and O–H groups in total. The number of benzene rings is 1. The van der Waals surface area contributed by atoms with Crippen molar-refractivity contribution >= 4 is 10.1 Å². The minimum Gasteiger partial charge on any atom is -1.00 e. The van der Waals surface area contributed by atoms with Crippen LogP contribution in [0.5, 0.6) is 5.75 Å². The molecule has 14 heavy (non-hydrogen) atoms. The molecule has 0 aliphatic rings. The maximum Gasteiger partial charge on any atom is 2.00 e. The number of phenols is 1. The molecule has 0 bridgehead atoms. The van der Waals surface area contributed by atoms with Crippen LogP contribution >= 0.6 is 0 Å². The van der Waals surface area contributed by atoms with Crippen LogP contribution in [0.4, 0.5) is 0 Å². The van der Waals surface area contributed by atoms with E-state index >= 15 is 0 Å². The third-order valence-electron chi connectivity index (χ3n) is 1.84. The van der Waals surface area contributed by atoms with Gasteiger partial charge in [-0.05, 0) is 24.3 Å². The van der Waals surface area contributed by atoms with Gasteiger partial charge in [-0.2, -0.15) is 0 Å². The minimum absolute atomic E-state index is 0. The van der Waals surface area contributed by atoms with Gasteiger partial charge in [0.05, 0.1) is 5.69 Å². The van der Waals surface area contributed by atoms with Crippen LogP contribution in [-0.2, 0) is 0 Å².